The van der Waals surface area contributed by atoms with Gasteiger partial charge in [-0.2, -0.15) is 0 Å². The van der Waals surface area contributed by atoms with E-state index in [1.807, 2.05) is 32.0 Å². The molecule has 0 spiro atoms. The van der Waals surface area contributed by atoms with E-state index < -0.39 is 0 Å². The number of nitrogens with one attached hydrogen (secondary N) is 2. The number of hydrogen-bond acceptors (Lipinski definition) is 3. The molecule has 3 rings (SSSR count). The highest BCUT2D eigenvalue weighted by Crippen LogP contribution is 2.30. The first-order valence-corrected chi connectivity index (χ1v) is 9.87. The van der Waals surface area contributed by atoms with Crippen molar-refractivity contribution in [2.45, 2.75) is 52.4 Å². The Hall–Kier alpha value is -2.04. The van der Waals surface area contributed by atoms with Gasteiger partial charge in [0.1, 0.15) is 12.4 Å². The number of fused-ring (bicyclic) bond motifs is 1. The van der Waals surface area contributed by atoms with Crippen molar-refractivity contribution in [2.75, 3.05) is 18.5 Å². The van der Waals surface area contributed by atoms with E-state index in [1.54, 1.807) is 0 Å². The summed E-state index contributed by atoms with van der Waals surface area (Å²) >= 11 is 0. The lowest BCUT2D eigenvalue weighted by Gasteiger charge is -2.27. The molecule has 1 heterocycles. The molecule has 0 saturated heterocycles. The van der Waals surface area contributed by atoms with Gasteiger partial charge < -0.3 is 15.4 Å². The summed E-state index contributed by atoms with van der Waals surface area (Å²) < 4.78 is 5.78. The number of carbonyl (C=O) groups is 2. The highest BCUT2D eigenvalue weighted by Gasteiger charge is 2.27. The molecule has 0 radical (unpaired) electrons. The highest BCUT2D eigenvalue weighted by atomic mass is 16.5. The lowest BCUT2D eigenvalue weighted by Crippen LogP contribution is -2.39. The zero-order valence-corrected chi connectivity index (χ0v) is 15.8. The van der Waals surface area contributed by atoms with Crippen LogP contribution in [0, 0.1) is 17.8 Å². The standard InChI is InChI=1S/C21H30N2O3/c1-14(2)20(24)23-18-8-9-19-16(11-18)10-17(13-26-19)21(25)22-12-15-6-4-3-5-7-15/h8-9,11,14-15,17H,3-7,10,12-13H2,1-2H3,(H,22,25)(H,23,24)/t17-/m1/s1. The maximum atomic E-state index is 12.5. The van der Waals surface area contributed by atoms with Crippen molar-refractivity contribution in [2.24, 2.45) is 17.8 Å². The van der Waals surface area contributed by atoms with Gasteiger partial charge in [0.05, 0.1) is 5.92 Å². The number of amides is 2. The van der Waals surface area contributed by atoms with Crippen LogP contribution in [0.3, 0.4) is 0 Å². The Kier molecular flexibility index (Phi) is 6.17. The minimum Gasteiger partial charge on any atom is -0.492 e. The molecular formula is C21H30N2O3. The maximum absolute atomic E-state index is 12.5. The molecule has 5 heteroatoms. The average molecular weight is 358 g/mol. The predicted octanol–water partition coefficient (Wildman–Crippen LogP) is 3.53. The van der Waals surface area contributed by atoms with Crippen molar-refractivity contribution in [3.63, 3.8) is 0 Å². The van der Waals surface area contributed by atoms with E-state index in [1.165, 1.54) is 32.1 Å². The third-order valence-electron chi connectivity index (χ3n) is 5.42. The zero-order valence-electron chi connectivity index (χ0n) is 15.8. The van der Waals surface area contributed by atoms with Crippen LogP contribution in [0.5, 0.6) is 5.75 Å². The lowest BCUT2D eigenvalue weighted by molar-refractivity contribution is -0.126. The van der Waals surface area contributed by atoms with Gasteiger partial charge in [-0.25, -0.2) is 0 Å². The average Bonchev–Trinajstić information content (AvgIpc) is 2.66. The summed E-state index contributed by atoms with van der Waals surface area (Å²) in [5.41, 5.74) is 1.74. The fourth-order valence-electron chi connectivity index (χ4n) is 3.71. The molecule has 2 amide bonds. The fraction of sp³-hybridized carbons (Fsp3) is 0.619. The molecule has 0 bridgehead atoms. The second-order valence-electron chi connectivity index (χ2n) is 7.93. The normalized spacial score (nSPS) is 20.2. The highest BCUT2D eigenvalue weighted by molar-refractivity contribution is 5.92. The maximum Gasteiger partial charge on any atom is 0.226 e. The van der Waals surface area contributed by atoms with Gasteiger partial charge in [0.2, 0.25) is 11.8 Å². The van der Waals surface area contributed by atoms with Crippen LogP contribution in [0.25, 0.3) is 0 Å². The zero-order chi connectivity index (χ0) is 18.5. The lowest BCUT2D eigenvalue weighted by atomic mass is 9.89. The Morgan fingerprint density at radius 1 is 1.19 bits per heavy atom. The molecule has 2 N–H and O–H groups in total. The summed E-state index contributed by atoms with van der Waals surface area (Å²) in [4.78, 5) is 24.4. The molecule has 142 valence electrons. The van der Waals surface area contributed by atoms with Crippen LogP contribution in [-0.2, 0) is 16.0 Å². The van der Waals surface area contributed by atoms with Crippen LogP contribution < -0.4 is 15.4 Å². The van der Waals surface area contributed by atoms with Gasteiger partial charge in [-0.15, -0.1) is 0 Å². The Labute approximate surface area is 155 Å². The number of hydrogen-bond donors (Lipinski definition) is 2. The van der Waals surface area contributed by atoms with Gasteiger partial charge >= 0.3 is 0 Å². The SMILES string of the molecule is CC(C)C(=O)Nc1ccc2c(c1)C[C@@H](C(=O)NCC1CCCCC1)CO2. The monoisotopic (exact) mass is 358 g/mol. The molecule has 1 fully saturated rings. The molecule has 0 unspecified atom stereocenters. The number of anilines is 1. The van der Waals surface area contributed by atoms with Crippen LogP contribution in [0.2, 0.25) is 0 Å². The summed E-state index contributed by atoms with van der Waals surface area (Å²) in [7, 11) is 0. The molecule has 1 saturated carbocycles. The second kappa shape index (κ2) is 8.56. The van der Waals surface area contributed by atoms with E-state index in [-0.39, 0.29) is 23.7 Å². The van der Waals surface area contributed by atoms with Gasteiger partial charge in [-0.1, -0.05) is 33.1 Å². The van der Waals surface area contributed by atoms with Crippen molar-refractivity contribution in [1.29, 1.82) is 0 Å². The van der Waals surface area contributed by atoms with Gasteiger partial charge in [0.25, 0.3) is 0 Å². The van der Waals surface area contributed by atoms with E-state index in [9.17, 15) is 9.59 Å². The van der Waals surface area contributed by atoms with Crippen LogP contribution in [0.4, 0.5) is 5.69 Å². The Bertz CT molecular complexity index is 651. The van der Waals surface area contributed by atoms with E-state index in [0.717, 1.165) is 23.5 Å². The van der Waals surface area contributed by atoms with E-state index in [0.29, 0.717) is 18.9 Å². The van der Waals surface area contributed by atoms with Crippen molar-refractivity contribution in [3.8, 4) is 5.75 Å². The van der Waals surface area contributed by atoms with Crippen molar-refractivity contribution >= 4 is 17.5 Å². The smallest absolute Gasteiger partial charge is 0.226 e. The van der Waals surface area contributed by atoms with Crippen molar-refractivity contribution in [1.82, 2.24) is 5.32 Å². The molecule has 26 heavy (non-hydrogen) atoms. The van der Waals surface area contributed by atoms with Crippen LogP contribution in [0.1, 0.15) is 51.5 Å². The van der Waals surface area contributed by atoms with E-state index in [4.69, 9.17) is 4.74 Å². The van der Waals surface area contributed by atoms with Crippen molar-refractivity contribution < 1.29 is 14.3 Å². The first-order valence-electron chi connectivity index (χ1n) is 9.87. The molecule has 1 aliphatic heterocycles. The van der Waals surface area contributed by atoms with E-state index >= 15 is 0 Å². The first-order chi connectivity index (χ1) is 12.5. The quantitative estimate of drug-likeness (QED) is 0.846. The summed E-state index contributed by atoms with van der Waals surface area (Å²) in [5.74, 6) is 1.27. The minimum atomic E-state index is -0.165. The van der Waals surface area contributed by atoms with E-state index in [2.05, 4.69) is 10.6 Å². The molecule has 1 aliphatic carbocycles. The number of benzene rings is 1. The van der Waals surface area contributed by atoms with Crippen LogP contribution in [-0.4, -0.2) is 25.0 Å². The Balaban J connectivity index is 1.57. The third-order valence-corrected chi connectivity index (χ3v) is 5.42. The molecule has 1 aromatic carbocycles. The third kappa shape index (κ3) is 4.77. The number of ether oxygens (including phenoxy) is 1. The topological polar surface area (TPSA) is 67.4 Å². The summed E-state index contributed by atoms with van der Waals surface area (Å²) in [6.07, 6.45) is 6.99. The molecule has 1 aromatic rings. The Morgan fingerprint density at radius 2 is 1.96 bits per heavy atom. The summed E-state index contributed by atoms with van der Waals surface area (Å²) in [5, 5.41) is 6.03. The predicted molar refractivity (Wildman–Crippen MR) is 102 cm³/mol. The minimum absolute atomic E-state index is 0.0107. The van der Waals surface area contributed by atoms with Gasteiger partial charge in [-0.05, 0) is 48.9 Å². The summed E-state index contributed by atoms with van der Waals surface area (Å²) in [6, 6.07) is 5.65. The largest absolute Gasteiger partial charge is 0.492 e. The molecular weight excluding hydrogens is 328 g/mol. The molecule has 2 aliphatic rings. The first kappa shape index (κ1) is 18.7. The van der Waals surface area contributed by atoms with Gasteiger partial charge in [-0.3, -0.25) is 9.59 Å². The van der Waals surface area contributed by atoms with Crippen LogP contribution >= 0.6 is 0 Å². The molecule has 5 nitrogen and oxygen atoms in total. The number of rotatable bonds is 5. The van der Waals surface area contributed by atoms with Gasteiger partial charge in [0.15, 0.2) is 0 Å². The molecule has 0 aromatic heterocycles. The molecule has 1 atom stereocenters. The number of carbonyl (C=O) groups excluding carboxylic acids is 2. The fourth-order valence-corrected chi connectivity index (χ4v) is 3.71. The Morgan fingerprint density at radius 3 is 2.69 bits per heavy atom. The van der Waals surface area contributed by atoms with Crippen LogP contribution in [0.15, 0.2) is 18.2 Å². The second-order valence-corrected chi connectivity index (χ2v) is 7.93. The summed E-state index contributed by atoms with van der Waals surface area (Å²) in [6.45, 7) is 4.93. The van der Waals surface area contributed by atoms with Crippen molar-refractivity contribution in [3.05, 3.63) is 23.8 Å². The van der Waals surface area contributed by atoms with Gasteiger partial charge in [0, 0.05) is 18.2 Å².